The Morgan fingerprint density at radius 3 is 2.75 bits per heavy atom. The van der Waals surface area contributed by atoms with Crippen LogP contribution in [0.4, 0.5) is 4.39 Å². The van der Waals surface area contributed by atoms with Gasteiger partial charge >= 0.3 is 0 Å². The monoisotopic (exact) mass is 311 g/mol. The zero-order valence-electron chi connectivity index (χ0n) is 11.7. The molecule has 0 aliphatic carbocycles. The first-order valence-corrected chi connectivity index (χ1v) is 8.03. The fourth-order valence-electron chi connectivity index (χ4n) is 2.26. The first kappa shape index (κ1) is 15.5. The first-order valence-electron chi connectivity index (χ1n) is 6.83. The van der Waals surface area contributed by atoms with E-state index < -0.39 is 0 Å². The number of rotatable bonds is 6. The van der Waals surface area contributed by atoms with E-state index in [0.717, 1.165) is 34.8 Å². The van der Waals surface area contributed by atoms with Crippen molar-refractivity contribution >= 4 is 22.9 Å². The Hall–Kier alpha value is -0.900. The molecule has 0 aliphatic rings. The summed E-state index contributed by atoms with van der Waals surface area (Å²) in [5, 5.41) is 3.51. The van der Waals surface area contributed by atoms with Gasteiger partial charge in [-0.1, -0.05) is 24.6 Å². The molecule has 0 bridgehead atoms. The van der Waals surface area contributed by atoms with E-state index in [0.29, 0.717) is 0 Å². The zero-order chi connectivity index (χ0) is 14.5. The highest BCUT2D eigenvalue weighted by atomic mass is 35.5. The van der Waals surface area contributed by atoms with Crippen molar-refractivity contribution in [3.63, 3.8) is 0 Å². The molecule has 1 aromatic heterocycles. The van der Waals surface area contributed by atoms with Gasteiger partial charge in [0.15, 0.2) is 0 Å². The van der Waals surface area contributed by atoms with Gasteiger partial charge in [0, 0.05) is 17.3 Å². The predicted octanol–water partition coefficient (Wildman–Crippen LogP) is 5.13. The van der Waals surface area contributed by atoms with Gasteiger partial charge in [0.25, 0.3) is 0 Å². The van der Waals surface area contributed by atoms with Crippen LogP contribution >= 0.6 is 22.9 Å². The average Bonchev–Trinajstić information content (AvgIpc) is 2.83. The summed E-state index contributed by atoms with van der Waals surface area (Å²) in [6.07, 6.45) is 1.89. The Bertz CT molecular complexity index is 567. The molecular formula is C16H19ClFNS. The molecule has 0 saturated heterocycles. The molecule has 2 aromatic rings. The lowest BCUT2D eigenvalue weighted by Crippen LogP contribution is -2.24. The Balaban J connectivity index is 2.24. The maximum atomic E-state index is 13.5. The van der Waals surface area contributed by atoms with E-state index in [1.165, 1.54) is 10.9 Å². The van der Waals surface area contributed by atoms with Crippen LogP contribution in [0.3, 0.4) is 0 Å². The fourth-order valence-corrected chi connectivity index (χ4v) is 3.39. The molecule has 1 N–H and O–H groups in total. The van der Waals surface area contributed by atoms with Gasteiger partial charge in [-0.05, 0) is 55.3 Å². The summed E-state index contributed by atoms with van der Waals surface area (Å²) in [5.41, 5.74) is 2.14. The average molecular weight is 312 g/mol. The number of nitrogens with one attached hydrogen (secondary N) is 1. The van der Waals surface area contributed by atoms with Crippen LogP contribution in [-0.4, -0.2) is 6.54 Å². The third kappa shape index (κ3) is 4.05. The van der Waals surface area contributed by atoms with Crippen LogP contribution < -0.4 is 5.32 Å². The maximum Gasteiger partial charge on any atom is 0.123 e. The first-order chi connectivity index (χ1) is 9.60. The third-order valence-corrected chi connectivity index (χ3v) is 4.55. The smallest absolute Gasteiger partial charge is 0.123 e. The van der Waals surface area contributed by atoms with Crippen LogP contribution in [0.2, 0.25) is 4.34 Å². The summed E-state index contributed by atoms with van der Waals surface area (Å²) in [5.74, 6) is -0.182. The molecule has 1 heterocycles. The topological polar surface area (TPSA) is 12.0 Å². The molecule has 108 valence electrons. The Morgan fingerprint density at radius 1 is 1.30 bits per heavy atom. The van der Waals surface area contributed by atoms with Crippen molar-refractivity contribution in [3.05, 3.63) is 56.5 Å². The van der Waals surface area contributed by atoms with Crippen LogP contribution in [0.25, 0.3) is 0 Å². The zero-order valence-corrected chi connectivity index (χ0v) is 13.3. The van der Waals surface area contributed by atoms with Gasteiger partial charge in [0.2, 0.25) is 0 Å². The Morgan fingerprint density at radius 2 is 2.10 bits per heavy atom. The van der Waals surface area contributed by atoms with Crippen molar-refractivity contribution in [2.24, 2.45) is 0 Å². The van der Waals surface area contributed by atoms with Crippen LogP contribution in [0.1, 0.15) is 35.4 Å². The molecule has 1 atom stereocenters. The van der Waals surface area contributed by atoms with Crippen molar-refractivity contribution in [2.75, 3.05) is 6.54 Å². The van der Waals surface area contributed by atoms with Crippen LogP contribution in [0, 0.1) is 12.7 Å². The summed E-state index contributed by atoms with van der Waals surface area (Å²) < 4.78 is 14.3. The second-order valence-electron chi connectivity index (χ2n) is 4.92. The van der Waals surface area contributed by atoms with Gasteiger partial charge in [-0.25, -0.2) is 4.39 Å². The number of halogens is 2. The molecule has 1 nitrogen and oxygen atoms in total. The number of aryl methyl sites for hydroxylation is 1. The fraction of sp³-hybridized carbons (Fsp3) is 0.375. The number of hydrogen-bond acceptors (Lipinski definition) is 2. The summed E-state index contributed by atoms with van der Waals surface area (Å²) >= 11 is 7.57. The second-order valence-corrected chi connectivity index (χ2v) is 6.72. The standard InChI is InChI=1S/C16H19ClFNS/c1-3-8-19-15(10-13-6-7-16(17)20-13)14-9-12(18)5-4-11(14)2/h4-7,9,15,19H,3,8,10H2,1-2H3. The van der Waals surface area contributed by atoms with Crippen LogP contribution in [0.15, 0.2) is 30.3 Å². The van der Waals surface area contributed by atoms with Crippen LogP contribution in [-0.2, 0) is 6.42 Å². The highest BCUT2D eigenvalue weighted by Crippen LogP contribution is 2.28. The molecule has 0 aliphatic heterocycles. The van der Waals surface area contributed by atoms with E-state index in [4.69, 9.17) is 11.6 Å². The molecule has 20 heavy (non-hydrogen) atoms. The number of thiophene rings is 1. The van der Waals surface area contributed by atoms with Gasteiger partial charge in [0.05, 0.1) is 4.34 Å². The van der Waals surface area contributed by atoms with E-state index in [1.54, 1.807) is 17.4 Å². The van der Waals surface area contributed by atoms with E-state index >= 15 is 0 Å². The van der Waals surface area contributed by atoms with Gasteiger partial charge < -0.3 is 5.32 Å². The van der Waals surface area contributed by atoms with E-state index in [9.17, 15) is 4.39 Å². The molecule has 1 aromatic carbocycles. The molecular weight excluding hydrogens is 293 g/mol. The minimum absolute atomic E-state index is 0.125. The minimum atomic E-state index is -0.182. The molecule has 0 amide bonds. The SMILES string of the molecule is CCCNC(Cc1ccc(Cl)s1)c1cc(F)ccc1C. The quantitative estimate of drug-likeness (QED) is 0.779. The minimum Gasteiger partial charge on any atom is -0.310 e. The normalized spacial score (nSPS) is 12.6. The summed E-state index contributed by atoms with van der Waals surface area (Å²) in [6.45, 7) is 5.07. The van der Waals surface area contributed by atoms with Crippen molar-refractivity contribution in [1.82, 2.24) is 5.32 Å². The molecule has 4 heteroatoms. The van der Waals surface area contributed by atoms with Crippen molar-refractivity contribution in [2.45, 2.75) is 32.7 Å². The summed E-state index contributed by atoms with van der Waals surface area (Å²) in [6, 6.07) is 9.07. The van der Waals surface area contributed by atoms with Gasteiger partial charge in [-0.15, -0.1) is 11.3 Å². The molecule has 0 radical (unpaired) electrons. The molecule has 0 fully saturated rings. The second kappa shape index (κ2) is 7.21. The van der Waals surface area contributed by atoms with Crippen LogP contribution in [0.5, 0.6) is 0 Å². The maximum absolute atomic E-state index is 13.5. The highest BCUT2D eigenvalue weighted by molar-refractivity contribution is 7.16. The lowest BCUT2D eigenvalue weighted by molar-refractivity contribution is 0.524. The summed E-state index contributed by atoms with van der Waals surface area (Å²) in [4.78, 5) is 1.22. The van der Waals surface area contributed by atoms with Gasteiger partial charge in [0.1, 0.15) is 5.82 Å². The molecule has 2 rings (SSSR count). The Kier molecular flexibility index (Phi) is 5.58. The summed E-state index contributed by atoms with van der Waals surface area (Å²) in [7, 11) is 0. The van der Waals surface area contributed by atoms with E-state index in [-0.39, 0.29) is 11.9 Å². The number of benzene rings is 1. The number of hydrogen-bond donors (Lipinski definition) is 1. The van der Waals surface area contributed by atoms with Gasteiger partial charge in [-0.2, -0.15) is 0 Å². The lowest BCUT2D eigenvalue weighted by Gasteiger charge is -2.20. The predicted molar refractivity (Wildman–Crippen MR) is 85.2 cm³/mol. The van der Waals surface area contributed by atoms with E-state index in [1.807, 2.05) is 25.1 Å². The largest absolute Gasteiger partial charge is 0.310 e. The Labute approximate surface area is 128 Å². The van der Waals surface area contributed by atoms with Crippen molar-refractivity contribution in [1.29, 1.82) is 0 Å². The van der Waals surface area contributed by atoms with Crippen molar-refractivity contribution in [3.8, 4) is 0 Å². The molecule has 0 spiro atoms. The molecule has 0 saturated carbocycles. The highest BCUT2D eigenvalue weighted by Gasteiger charge is 2.15. The van der Waals surface area contributed by atoms with Gasteiger partial charge in [-0.3, -0.25) is 0 Å². The third-order valence-electron chi connectivity index (χ3n) is 3.29. The van der Waals surface area contributed by atoms with Crippen molar-refractivity contribution < 1.29 is 4.39 Å². The van der Waals surface area contributed by atoms with E-state index in [2.05, 4.69) is 12.2 Å². The lowest BCUT2D eigenvalue weighted by atomic mass is 9.98. The molecule has 1 unspecified atom stereocenters.